The minimum Gasteiger partial charge on any atom is -0.267 e. The maximum Gasteiger partial charge on any atom is 0.292 e. The number of hydrazone groups is 1. The fraction of sp³-hybridized carbons (Fsp3) is 0.200. The minimum absolute atomic E-state index is 0.0282. The van der Waals surface area contributed by atoms with E-state index >= 15 is 0 Å². The average Bonchev–Trinajstić information content (AvgIpc) is 2.71. The van der Waals surface area contributed by atoms with Gasteiger partial charge in [0.05, 0.1) is 16.5 Å². The number of nitrogens with zero attached hydrogens (tertiary/aromatic N) is 4. The number of amides is 1. The van der Waals surface area contributed by atoms with E-state index in [0.717, 1.165) is 0 Å². The molecule has 9 heteroatoms. The van der Waals surface area contributed by atoms with Gasteiger partial charge in [0.1, 0.15) is 0 Å². The fourth-order valence-corrected chi connectivity index (χ4v) is 2.89. The number of nitro benzene ring substituents is 1. The second kappa shape index (κ2) is 8.42. The fourth-order valence-electron chi connectivity index (χ4n) is 2.89. The van der Waals surface area contributed by atoms with Gasteiger partial charge in [-0.1, -0.05) is 37.3 Å². The summed E-state index contributed by atoms with van der Waals surface area (Å²) in [6.07, 6.45) is 2.01. The van der Waals surface area contributed by atoms with E-state index < -0.39 is 10.8 Å². The number of nitro groups is 1. The van der Waals surface area contributed by atoms with Gasteiger partial charge < -0.3 is 0 Å². The second-order valence-electron chi connectivity index (χ2n) is 6.42. The molecule has 29 heavy (non-hydrogen) atoms. The number of fused-ring (bicyclic) bond motifs is 1. The number of carbonyl (C=O) groups is 1. The van der Waals surface area contributed by atoms with Crippen LogP contribution in [0.3, 0.4) is 0 Å². The number of aromatic nitrogens is 2. The van der Waals surface area contributed by atoms with Crippen LogP contribution in [0.4, 0.5) is 5.69 Å². The molecule has 3 aromatic rings. The van der Waals surface area contributed by atoms with Crippen LogP contribution in [0, 0.1) is 17.0 Å². The summed E-state index contributed by atoms with van der Waals surface area (Å²) in [5.74, 6) is -0.580. The summed E-state index contributed by atoms with van der Waals surface area (Å²) in [7, 11) is 0. The first-order valence-electron chi connectivity index (χ1n) is 9.00. The molecule has 0 saturated heterocycles. The van der Waals surface area contributed by atoms with Crippen molar-refractivity contribution in [3.8, 4) is 0 Å². The van der Waals surface area contributed by atoms with Crippen molar-refractivity contribution in [3.05, 3.63) is 79.8 Å². The number of hydrogen-bond donors (Lipinski definition) is 1. The minimum atomic E-state index is -0.580. The predicted octanol–water partition coefficient (Wildman–Crippen LogP) is 2.79. The molecule has 0 bridgehead atoms. The molecular formula is C20H19N5O4. The van der Waals surface area contributed by atoms with Gasteiger partial charge in [-0.05, 0) is 19.4 Å². The van der Waals surface area contributed by atoms with E-state index in [2.05, 4.69) is 15.6 Å². The van der Waals surface area contributed by atoms with E-state index in [0.29, 0.717) is 34.9 Å². The molecule has 1 N–H and O–H groups in total. The largest absolute Gasteiger partial charge is 0.292 e. The van der Waals surface area contributed by atoms with Gasteiger partial charge >= 0.3 is 0 Å². The lowest BCUT2D eigenvalue weighted by Gasteiger charge is -2.09. The number of hydrogen-bond acceptors (Lipinski definition) is 6. The smallest absolute Gasteiger partial charge is 0.267 e. The van der Waals surface area contributed by atoms with Gasteiger partial charge in [-0.2, -0.15) is 10.2 Å². The lowest BCUT2D eigenvalue weighted by molar-refractivity contribution is -0.385. The number of nitrogens with one attached hydrogen (secondary N) is 1. The summed E-state index contributed by atoms with van der Waals surface area (Å²) >= 11 is 0. The van der Waals surface area contributed by atoms with E-state index in [9.17, 15) is 19.7 Å². The molecule has 9 nitrogen and oxygen atoms in total. The standard InChI is InChI=1S/C20H19N5O4/c1-3-10-24-20(27)16-7-5-4-6-15(16)18(23-24)19(26)22-21-12-14-9-8-13(2)17(11-14)25(28)29/h4-9,11-12H,3,10H2,1-2H3,(H,22,26)/b21-12-. The van der Waals surface area contributed by atoms with Crippen molar-refractivity contribution in [2.45, 2.75) is 26.8 Å². The molecule has 2 aromatic carbocycles. The third kappa shape index (κ3) is 4.18. The Kier molecular flexibility index (Phi) is 5.77. The van der Waals surface area contributed by atoms with Crippen molar-refractivity contribution in [3.63, 3.8) is 0 Å². The van der Waals surface area contributed by atoms with Gasteiger partial charge in [0.2, 0.25) is 0 Å². The molecule has 0 aliphatic rings. The highest BCUT2D eigenvalue weighted by molar-refractivity contribution is 6.05. The maximum atomic E-state index is 12.6. The van der Waals surface area contributed by atoms with Gasteiger partial charge in [-0.25, -0.2) is 10.1 Å². The third-order valence-corrected chi connectivity index (χ3v) is 4.33. The Balaban J connectivity index is 1.90. The summed E-state index contributed by atoms with van der Waals surface area (Å²) in [6, 6.07) is 11.4. The average molecular weight is 393 g/mol. The monoisotopic (exact) mass is 393 g/mol. The SMILES string of the molecule is CCCn1nc(C(=O)N/N=C\c2ccc(C)c([N+](=O)[O-])c2)c2ccccc2c1=O. The molecule has 0 saturated carbocycles. The van der Waals surface area contributed by atoms with Crippen molar-refractivity contribution >= 4 is 28.6 Å². The van der Waals surface area contributed by atoms with Crippen LogP contribution in [0.5, 0.6) is 0 Å². The quantitative estimate of drug-likeness (QED) is 0.392. The Bertz CT molecular complexity index is 1180. The summed E-state index contributed by atoms with van der Waals surface area (Å²) in [4.78, 5) is 35.7. The van der Waals surface area contributed by atoms with Gasteiger partial charge in [0, 0.05) is 29.1 Å². The normalized spacial score (nSPS) is 11.1. The summed E-state index contributed by atoms with van der Waals surface area (Å²) in [5.41, 5.74) is 3.18. The maximum absolute atomic E-state index is 12.6. The number of carbonyl (C=O) groups excluding carboxylic acids is 1. The van der Waals surface area contributed by atoms with Crippen molar-refractivity contribution in [2.24, 2.45) is 5.10 Å². The number of rotatable bonds is 6. The van der Waals surface area contributed by atoms with E-state index in [-0.39, 0.29) is 16.9 Å². The van der Waals surface area contributed by atoms with Gasteiger partial charge in [-0.3, -0.25) is 19.7 Å². The number of benzene rings is 2. The second-order valence-corrected chi connectivity index (χ2v) is 6.42. The topological polar surface area (TPSA) is 119 Å². The van der Waals surface area contributed by atoms with Crippen LogP contribution in [0.25, 0.3) is 10.8 Å². The summed E-state index contributed by atoms with van der Waals surface area (Å²) in [5, 5.41) is 19.9. The van der Waals surface area contributed by atoms with Crippen LogP contribution < -0.4 is 11.0 Å². The van der Waals surface area contributed by atoms with Crippen LogP contribution >= 0.6 is 0 Å². The van der Waals surface area contributed by atoms with Crippen LogP contribution in [-0.2, 0) is 6.54 Å². The van der Waals surface area contributed by atoms with Gasteiger partial charge in [0.25, 0.3) is 17.2 Å². The van der Waals surface area contributed by atoms with Crippen molar-refractivity contribution in [1.29, 1.82) is 0 Å². The van der Waals surface area contributed by atoms with Crippen LogP contribution in [0.15, 0.2) is 52.4 Å². The Hall–Kier alpha value is -3.88. The lowest BCUT2D eigenvalue weighted by Crippen LogP contribution is -2.29. The first-order valence-corrected chi connectivity index (χ1v) is 9.00. The Morgan fingerprint density at radius 1 is 1.28 bits per heavy atom. The lowest BCUT2D eigenvalue weighted by atomic mass is 10.1. The first-order chi connectivity index (χ1) is 13.9. The van der Waals surface area contributed by atoms with Crippen molar-refractivity contribution < 1.29 is 9.72 Å². The molecule has 148 valence electrons. The Morgan fingerprint density at radius 3 is 2.69 bits per heavy atom. The van der Waals surface area contributed by atoms with Crippen LogP contribution in [0.2, 0.25) is 0 Å². The van der Waals surface area contributed by atoms with Crippen molar-refractivity contribution in [2.75, 3.05) is 0 Å². The highest BCUT2D eigenvalue weighted by Crippen LogP contribution is 2.18. The predicted molar refractivity (Wildman–Crippen MR) is 109 cm³/mol. The Labute approximate surface area is 165 Å². The highest BCUT2D eigenvalue weighted by atomic mass is 16.6. The van der Waals surface area contributed by atoms with Crippen molar-refractivity contribution in [1.82, 2.24) is 15.2 Å². The molecule has 0 radical (unpaired) electrons. The molecule has 0 spiro atoms. The van der Waals surface area contributed by atoms with E-state index in [1.54, 1.807) is 43.3 Å². The van der Waals surface area contributed by atoms with E-state index in [1.165, 1.54) is 17.0 Å². The zero-order valence-corrected chi connectivity index (χ0v) is 16.0. The molecule has 1 heterocycles. The molecule has 0 atom stereocenters. The molecule has 3 rings (SSSR count). The summed E-state index contributed by atoms with van der Waals surface area (Å²) in [6.45, 7) is 3.94. The molecule has 1 amide bonds. The number of aryl methyl sites for hydroxylation is 2. The van der Waals surface area contributed by atoms with Gasteiger partial charge in [-0.15, -0.1) is 0 Å². The first kappa shape index (κ1) is 19.9. The zero-order chi connectivity index (χ0) is 21.0. The van der Waals surface area contributed by atoms with E-state index in [4.69, 9.17) is 0 Å². The molecule has 0 aliphatic heterocycles. The third-order valence-electron chi connectivity index (χ3n) is 4.33. The van der Waals surface area contributed by atoms with Gasteiger partial charge in [0.15, 0.2) is 5.69 Å². The highest BCUT2D eigenvalue weighted by Gasteiger charge is 2.16. The zero-order valence-electron chi connectivity index (χ0n) is 16.0. The van der Waals surface area contributed by atoms with Crippen LogP contribution in [-0.4, -0.2) is 26.8 Å². The molecule has 0 aliphatic carbocycles. The van der Waals surface area contributed by atoms with Crippen LogP contribution in [0.1, 0.15) is 35.0 Å². The molecule has 0 fully saturated rings. The molecular weight excluding hydrogens is 374 g/mol. The van der Waals surface area contributed by atoms with E-state index in [1.807, 2.05) is 6.92 Å². The summed E-state index contributed by atoms with van der Waals surface area (Å²) < 4.78 is 1.27. The Morgan fingerprint density at radius 2 is 2.00 bits per heavy atom. The molecule has 1 aromatic heterocycles. The molecule has 0 unspecified atom stereocenters.